The van der Waals surface area contributed by atoms with Crippen molar-refractivity contribution < 1.29 is 9.53 Å². The molecule has 1 amide bonds. The lowest BCUT2D eigenvalue weighted by Gasteiger charge is -2.18. The van der Waals surface area contributed by atoms with Gasteiger partial charge in [0, 0.05) is 12.1 Å². The molecule has 0 aromatic heterocycles. The van der Waals surface area contributed by atoms with Crippen molar-refractivity contribution in [1.29, 1.82) is 0 Å². The lowest BCUT2D eigenvalue weighted by molar-refractivity contribution is -0.123. The van der Waals surface area contributed by atoms with Crippen molar-refractivity contribution in [2.75, 3.05) is 6.61 Å². The molecule has 0 fully saturated rings. The summed E-state index contributed by atoms with van der Waals surface area (Å²) in [6.45, 7) is 8.48. The summed E-state index contributed by atoms with van der Waals surface area (Å²) in [6, 6.07) is 7.14. The lowest BCUT2D eigenvalue weighted by atomic mass is 9.99. The molecule has 21 heavy (non-hydrogen) atoms. The molecule has 0 saturated carbocycles. The Balaban J connectivity index is 0.00000400. The summed E-state index contributed by atoms with van der Waals surface area (Å²) in [5.74, 6) is 0.796. The molecule has 1 aromatic carbocycles. The molecule has 0 aliphatic heterocycles. The number of benzene rings is 1. The van der Waals surface area contributed by atoms with Crippen LogP contribution in [0.1, 0.15) is 25.8 Å². The van der Waals surface area contributed by atoms with E-state index < -0.39 is 6.04 Å². The molecule has 0 saturated heterocycles. The Morgan fingerprint density at radius 2 is 2.14 bits per heavy atom. The highest BCUT2D eigenvalue weighted by molar-refractivity contribution is 5.85. The predicted octanol–water partition coefficient (Wildman–Crippen LogP) is 2.66. The molecule has 2 unspecified atom stereocenters. The maximum absolute atomic E-state index is 11.9. The molecule has 0 heterocycles. The standard InChI is InChI=1S/C16H24N2O2.ClH/c1-4-10-20-14-9-7-6-8-13(14)11-18-16(19)15(17)12(3)5-2;/h4,6-9,12,15H,1,5,10-11,17H2,2-3H3,(H,18,19);1H. The fraction of sp³-hybridized carbons (Fsp3) is 0.438. The number of halogens is 1. The maximum atomic E-state index is 11.9. The molecule has 1 rings (SSSR count). The molecule has 2 atom stereocenters. The van der Waals surface area contributed by atoms with Crippen LogP contribution in [0.4, 0.5) is 0 Å². The highest BCUT2D eigenvalue weighted by atomic mass is 35.5. The zero-order valence-corrected chi connectivity index (χ0v) is 13.5. The fourth-order valence-corrected chi connectivity index (χ4v) is 1.75. The molecule has 0 aliphatic carbocycles. The number of hydrogen-bond donors (Lipinski definition) is 2. The first-order valence-corrected chi connectivity index (χ1v) is 6.95. The average Bonchev–Trinajstić information content (AvgIpc) is 2.49. The molecule has 0 aliphatic rings. The highest BCUT2D eigenvalue weighted by Crippen LogP contribution is 2.17. The summed E-state index contributed by atoms with van der Waals surface area (Å²) in [5, 5.41) is 2.86. The normalized spacial score (nSPS) is 12.7. The van der Waals surface area contributed by atoms with Gasteiger partial charge in [-0.05, 0) is 12.0 Å². The fourth-order valence-electron chi connectivity index (χ4n) is 1.75. The first kappa shape index (κ1) is 19.5. The van der Waals surface area contributed by atoms with Gasteiger partial charge in [-0.3, -0.25) is 4.79 Å². The monoisotopic (exact) mass is 312 g/mol. The van der Waals surface area contributed by atoms with Gasteiger partial charge in [0.25, 0.3) is 0 Å². The van der Waals surface area contributed by atoms with Crippen molar-refractivity contribution in [3.63, 3.8) is 0 Å². The second-order valence-corrected chi connectivity index (χ2v) is 4.84. The van der Waals surface area contributed by atoms with E-state index >= 15 is 0 Å². The number of nitrogens with one attached hydrogen (secondary N) is 1. The van der Waals surface area contributed by atoms with E-state index in [2.05, 4.69) is 11.9 Å². The van der Waals surface area contributed by atoms with Crippen LogP contribution in [0.2, 0.25) is 0 Å². The number of para-hydroxylation sites is 1. The Kier molecular flexibility index (Phi) is 9.50. The third kappa shape index (κ3) is 6.19. The van der Waals surface area contributed by atoms with Crippen LogP contribution in [-0.4, -0.2) is 18.6 Å². The number of carbonyl (C=O) groups excluding carboxylic acids is 1. The number of nitrogens with two attached hydrogens (primary N) is 1. The second-order valence-electron chi connectivity index (χ2n) is 4.84. The largest absolute Gasteiger partial charge is 0.489 e. The molecule has 3 N–H and O–H groups in total. The first-order chi connectivity index (χ1) is 9.60. The van der Waals surface area contributed by atoms with Gasteiger partial charge in [-0.2, -0.15) is 0 Å². The molecular formula is C16H25ClN2O2. The van der Waals surface area contributed by atoms with Crippen LogP contribution >= 0.6 is 12.4 Å². The van der Waals surface area contributed by atoms with Crippen molar-refractivity contribution in [2.24, 2.45) is 11.7 Å². The smallest absolute Gasteiger partial charge is 0.237 e. The van der Waals surface area contributed by atoms with E-state index in [0.717, 1.165) is 17.7 Å². The van der Waals surface area contributed by atoms with Crippen molar-refractivity contribution in [2.45, 2.75) is 32.9 Å². The number of hydrogen-bond acceptors (Lipinski definition) is 3. The van der Waals surface area contributed by atoms with Crippen molar-refractivity contribution >= 4 is 18.3 Å². The van der Waals surface area contributed by atoms with E-state index in [0.29, 0.717) is 13.2 Å². The number of amides is 1. The van der Waals surface area contributed by atoms with Crippen LogP contribution in [0.3, 0.4) is 0 Å². The van der Waals surface area contributed by atoms with Gasteiger partial charge < -0.3 is 15.8 Å². The summed E-state index contributed by atoms with van der Waals surface area (Å²) >= 11 is 0. The van der Waals surface area contributed by atoms with E-state index in [1.165, 1.54) is 0 Å². The van der Waals surface area contributed by atoms with Crippen LogP contribution in [0.15, 0.2) is 36.9 Å². The molecule has 0 bridgehead atoms. The number of carbonyl (C=O) groups is 1. The van der Waals surface area contributed by atoms with Crippen LogP contribution in [0, 0.1) is 5.92 Å². The maximum Gasteiger partial charge on any atom is 0.237 e. The third-order valence-electron chi connectivity index (χ3n) is 3.34. The van der Waals surface area contributed by atoms with Crippen LogP contribution in [-0.2, 0) is 11.3 Å². The molecule has 0 spiro atoms. The zero-order chi connectivity index (χ0) is 15.0. The minimum atomic E-state index is -0.471. The SMILES string of the molecule is C=CCOc1ccccc1CNC(=O)C(N)C(C)CC.Cl. The van der Waals surface area contributed by atoms with Gasteiger partial charge in [0.2, 0.25) is 5.91 Å². The zero-order valence-electron chi connectivity index (χ0n) is 12.7. The van der Waals surface area contributed by atoms with Gasteiger partial charge in [-0.25, -0.2) is 0 Å². The van der Waals surface area contributed by atoms with Gasteiger partial charge in [0.05, 0.1) is 6.04 Å². The van der Waals surface area contributed by atoms with Crippen molar-refractivity contribution in [3.8, 4) is 5.75 Å². The summed E-state index contributed by atoms with van der Waals surface area (Å²) < 4.78 is 5.55. The van der Waals surface area contributed by atoms with Crippen LogP contribution < -0.4 is 15.8 Å². The average molecular weight is 313 g/mol. The van der Waals surface area contributed by atoms with Gasteiger partial charge in [-0.15, -0.1) is 12.4 Å². The van der Waals surface area contributed by atoms with Crippen LogP contribution in [0.25, 0.3) is 0 Å². The predicted molar refractivity (Wildman–Crippen MR) is 88.7 cm³/mol. The quantitative estimate of drug-likeness (QED) is 0.725. The minimum absolute atomic E-state index is 0. The van der Waals surface area contributed by atoms with Gasteiger partial charge in [0.15, 0.2) is 0 Å². The Labute approximate surface area is 133 Å². The first-order valence-electron chi connectivity index (χ1n) is 6.95. The summed E-state index contributed by atoms with van der Waals surface area (Å²) in [7, 11) is 0. The Bertz CT molecular complexity index is 452. The number of ether oxygens (including phenoxy) is 1. The van der Waals surface area contributed by atoms with E-state index in [1.54, 1.807) is 6.08 Å². The van der Waals surface area contributed by atoms with E-state index in [4.69, 9.17) is 10.5 Å². The van der Waals surface area contributed by atoms with Gasteiger partial charge in [-0.1, -0.05) is 51.1 Å². The van der Waals surface area contributed by atoms with E-state index in [-0.39, 0.29) is 24.2 Å². The van der Waals surface area contributed by atoms with E-state index in [9.17, 15) is 4.79 Å². The minimum Gasteiger partial charge on any atom is -0.489 e. The van der Waals surface area contributed by atoms with E-state index in [1.807, 2.05) is 38.1 Å². The molecule has 4 nitrogen and oxygen atoms in total. The summed E-state index contributed by atoms with van der Waals surface area (Å²) in [5.41, 5.74) is 6.83. The van der Waals surface area contributed by atoms with Gasteiger partial charge >= 0.3 is 0 Å². The van der Waals surface area contributed by atoms with Crippen molar-refractivity contribution in [1.82, 2.24) is 5.32 Å². The molecule has 5 heteroatoms. The Morgan fingerprint density at radius 1 is 1.48 bits per heavy atom. The molecular weight excluding hydrogens is 288 g/mol. The van der Waals surface area contributed by atoms with Crippen molar-refractivity contribution in [3.05, 3.63) is 42.5 Å². The summed E-state index contributed by atoms with van der Waals surface area (Å²) in [6.07, 6.45) is 2.57. The molecule has 118 valence electrons. The van der Waals surface area contributed by atoms with Crippen LogP contribution in [0.5, 0.6) is 5.75 Å². The summed E-state index contributed by atoms with van der Waals surface area (Å²) in [4.78, 5) is 11.9. The Morgan fingerprint density at radius 3 is 2.76 bits per heavy atom. The molecule has 0 radical (unpaired) electrons. The lowest BCUT2D eigenvalue weighted by Crippen LogP contribution is -2.44. The Hall–Kier alpha value is -1.52. The number of rotatable bonds is 8. The topological polar surface area (TPSA) is 64.3 Å². The van der Waals surface area contributed by atoms with Gasteiger partial charge in [0.1, 0.15) is 12.4 Å². The second kappa shape index (κ2) is 10.2. The molecule has 1 aromatic rings. The third-order valence-corrected chi connectivity index (χ3v) is 3.34. The highest BCUT2D eigenvalue weighted by Gasteiger charge is 2.19.